The van der Waals surface area contributed by atoms with E-state index >= 15 is 0 Å². The van der Waals surface area contributed by atoms with Crippen molar-refractivity contribution in [3.8, 4) is 0 Å². The van der Waals surface area contributed by atoms with Crippen molar-refractivity contribution in [2.45, 2.75) is 39.2 Å². The molecule has 0 atom stereocenters. The molecular weight excluding hydrogens is 282 g/mol. The van der Waals surface area contributed by atoms with Crippen LogP contribution in [0.5, 0.6) is 0 Å². The molecule has 0 aromatic carbocycles. The lowest BCUT2D eigenvalue weighted by molar-refractivity contribution is -0.0868. The van der Waals surface area contributed by atoms with E-state index in [0.717, 1.165) is 30.9 Å². The van der Waals surface area contributed by atoms with Gasteiger partial charge in [0.1, 0.15) is 10.6 Å². The lowest BCUT2D eigenvalue weighted by atomic mass is 9.99. The van der Waals surface area contributed by atoms with Gasteiger partial charge in [0.15, 0.2) is 0 Å². The number of aliphatic hydroxyl groups excluding tert-OH is 1. The number of hydrogen-bond acceptors (Lipinski definition) is 7. The summed E-state index contributed by atoms with van der Waals surface area (Å²) in [5, 5.41) is 12.1. The summed E-state index contributed by atoms with van der Waals surface area (Å²) in [5.74, 6) is 0.353. The molecule has 0 radical (unpaired) electrons. The first-order chi connectivity index (χ1) is 9.89. The van der Waals surface area contributed by atoms with E-state index in [1.54, 1.807) is 20.8 Å². The molecule has 2 rings (SSSR count). The maximum atomic E-state index is 11.3. The Kier molecular flexibility index (Phi) is 4.71. The topological polar surface area (TPSA) is 91.2 Å². The number of hydrogen-bond donors (Lipinski definition) is 1. The van der Waals surface area contributed by atoms with Crippen LogP contribution in [0.25, 0.3) is 0 Å². The van der Waals surface area contributed by atoms with Gasteiger partial charge in [0.25, 0.3) is 6.79 Å². The van der Waals surface area contributed by atoms with Crippen molar-refractivity contribution in [2.75, 3.05) is 31.5 Å². The Morgan fingerprint density at radius 2 is 2.00 bits per heavy atom. The van der Waals surface area contributed by atoms with Gasteiger partial charge in [-0.1, -0.05) is 0 Å². The van der Waals surface area contributed by atoms with Gasteiger partial charge in [-0.05, 0) is 39.5 Å². The zero-order valence-corrected chi connectivity index (χ0v) is 12.7. The summed E-state index contributed by atoms with van der Waals surface area (Å²) in [6.07, 6.45) is 1.01. The number of nitrogens with zero attached hydrogens (tertiary/aromatic N) is 3. The Morgan fingerprint density at radius 1 is 1.33 bits per heavy atom. The van der Waals surface area contributed by atoms with Crippen molar-refractivity contribution < 1.29 is 28.8 Å². The highest BCUT2D eigenvalue weighted by molar-refractivity contribution is 5.60. The van der Waals surface area contributed by atoms with Crippen molar-refractivity contribution in [1.29, 1.82) is 0 Å². The zero-order valence-electron chi connectivity index (χ0n) is 12.7. The van der Waals surface area contributed by atoms with Gasteiger partial charge in [0.05, 0.1) is 0 Å². The van der Waals surface area contributed by atoms with Crippen molar-refractivity contribution in [3.63, 3.8) is 0 Å². The number of aromatic nitrogens is 2. The van der Waals surface area contributed by atoms with E-state index in [-0.39, 0.29) is 13.4 Å². The Hall–Kier alpha value is -1.77. The highest BCUT2D eigenvalue weighted by atomic mass is 17.0. The molecule has 1 N–H and O–H groups in total. The average Bonchev–Trinajstić information content (AvgIpc) is 3.16. The van der Waals surface area contributed by atoms with Crippen LogP contribution in [0.4, 0.5) is 4.79 Å². The molecule has 1 saturated heterocycles. The van der Waals surface area contributed by atoms with Crippen LogP contribution in [0.3, 0.4) is 0 Å². The van der Waals surface area contributed by atoms with Gasteiger partial charge in [0, 0.05) is 24.7 Å². The van der Waals surface area contributed by atoms with Crippen LogP contribution in [-0.2, 0) is 9.47 Å². The number of carbonyl (C=O) groups is 1. The summed E-state index contributed by atoms with van der Waals surface area (Å²) in [6, 6.07) is 0. The molecule has 1 aliphatic rings. The van der Waals surface area contributed by atoms with Crippen LogP contribution < -0.4 is 9.85 Å². The normalized spacial score (nSPS) is 17.0. The summed E-state index contributed by atoms with van der Waals surface area (Å²) < 4.78 is 14.8. The first-order valence-electron chi connectivity index (χ1n) is 7.01. The summed E-state index contributed by atoms with van der Waals surface area (Å²) in [4.78, 5) is 17.8. The van der Waals surface area contributed by atoms with E-state index in [2.05, 4.69) is 0 Å². The van der Waals surface area contributed by atoms with Crippen LogP contribution in [-0.4, -0.2) is 53.3 Å². The summed E-state index contributed by atoms with van der Waals surface area (Å²) in [6.45, 7) is 6.73. The Bertz CT molecular complexity index is 435. The number of carbonyl (C=O) groups excluding carboxylic acids is 1. The SMILES string of the molecule is CC(C)(C)OC(=O)OCOn1on1N1CCC(CO)CC1. The van der Waals surface area contributed by atoms with Crippen molar-refractivity contribution in [3.05, 3.63) is 0 Å². The maximum absolute atomic E-state index is 11.3. The van der Waals surface area contributed by atoms with Crippen LogP contribution in [0.2, 0.25) is 0 Å². The van der Waals surface area contributed by atoms with E-state index in [4.69, 9.17) is 24.0 Å². The lowest BCUT2D eigenvalue weighted by Crippen LogP contribution is -2.41. The Morgan fingerprint density at radius 3 is 2.57 bits per heavy atom. The van der Waals surface area contributed by atoms with Crippen LogP contribution in [0.15, 0.2) is 4.63 Å². The highest BCUT2D eigenvalue weighted by Crippen LogP contribution is 2.16. The predicted octanol–water partition coefficient (Wildman–Crippen LogP) is 0.561. The molecule has 122 valence electrons. The molecule has 1 aromatic heterocycles. The zero-order chi connectivity index (χ0) is 15.5. The maximum Gasteiger partial charge on any atom is 0.511 e. The number of ether oxygens (including phenoxy) is 2. The molecule has 21 heavy (non-hydrogen) atoms. The van der Waals surface area contributed by atoms with Gasteiger partial charge < -0.3 is 19.4 Å². The third-order valence-electron chi connectivity index (χ3n) is 3.08. The third-order valence-corrected chi connectivity index (χ3v) is 3.08. The van der Waals surface area contributed by atoms with E-state index in [9.17, 15) is 4.79 Å². The second-order valence-electron chi connectivity index (χ2n) is 6.01. The second-order valence-corrected chi connectivity index (χ2v) is 6.01. The Labute approximate surface area is 122 Å². The molecule has 9 heteroatoms. The first-order valence-corrected chi connectivity index (χ1v) is 7.01. The molecular formula is C12H23N3O6. The van der Waals surface area contributed by atoms with Gasteiger partial charge in [-0.25, -0.2) is 4.79 Å². The smallest absolute Gasteiger partial charge is 0.428 e. The van der Waals surface area contributed by atoms with E-state index in [1.807, 2.05) is 5.01 Å². The monoisotopic (exact) mass is 305 g/mol. The number of rotatable bonds is 5. The molecule has 0 saturated carbocycles. The minimum absolute atomic E-state index is 0.221. The molecule has 1 aromatic rings. The lowest BCUT2D eigenvalue weighted by Gasteiger charge is -2.27. The first kappa shape index (κ1) is 15.6. The summed E-state index contributed by atoms with van der Waals surface area (Å²) in [5.41, 5.74) is -0.601. The standard InChI is InChI=1S/C12H23N3O6/c1-12(2,3)20-11(17)18-9-19-15-14(21-15)13-6-4-10(8-16)5-7-13/h10,16H,4-9H2,1-3H3. The van der Waals surface area contributed by atoms with E-state index in [0.29, 0.717) is 5.92 Å². The quantitative estimate of drug-likeness (QED) is 0.628. The number of piperidine rings is 1. The molecule has 1 fully saturated rings. The minimum Gasteiger partial charge on any atom is -0.428 e. The van der Waals surface area contributed by atoms with Crippen molar-refractivity contribution in [2.24, 2.45) is 5.92 Å². The molecule has 0 amide bonds. The van der Waals surface area contributed by atoms with E-state index in [1.165, 1.54) is 4.96 Å². The fraction of sp³-hybridized carbons (Fsp3) is 0.917. The molecule has 0 aliphatic carbocycles. The van der Waals surface area contributed by atoms with Gasteiger partial charge in [-0.15, -0.1) is 0 Å². The van der Waals surface area contributed by atoms with Gasteiger partial charge in [-0.3, -0.25) is 5.01 Å². The van der Waals surface area contributed by atoms with Gasteiger partial charge in [-0.2, -0.15) is 4.63 Å². The third kappa shape index (κ3) is 4.92. The molecule has 9 nitrogen and oxygen atoms in total. The predicted molar refractivity (Wildman–Crippen MR) is 71.2 cm³/mol. The highest BCUT2D eigenvalue weighted by Gasteiger charge is 2.26. The molecule has 2 heterocycles. The molecule has 1 aliphatic heterocycles. The van der Waals surface area contributed by atoms with E-state index < -0.39 is 11.8 Å². The fourth-order valence-corrected chi connectivity index (χ4v) is 1.95. The van der Waals surface area contributed by atoms with Crippen LogP contribution in [0, 0.1) is 5.92 Å². The molecule has 0 bridgehead atoms. The van der Waals surface area contributed by atoms with Gasteiger partial charge in [0.2, 0.25) is 0 Å². The largest absolute Gasteiger partial charge is 0.511 e. The van der Waals surface area contributed by atoms with Crippen molar-refractivity contribution in [1.82, 2.24) is 9.98 Å². The Balaban J connectivity index is 1.63. The molecule has 0 unspecified atom stereocenters. The summed E-state index contributed by atoms with van der Waals surface area (Å²) >= 11 is 0. The van der Waals surface area contributed by atoms with Crippen molar-refractivity contribution >= 4 is 6.16 Å². The molecule has 0 spiro atoms. The average molecular weight is 305 g/mol. The summed E-state index contributed by atoms with van der Waals surface area (Å²) in [7, 11) is 0. The van der Waals surface area contributed by atoms with Crippen LogP contribution >= 0.6 is 0 Å². The second kappa shape index (κ2) is 6.33. The van der Waals surface area contributed by atoms with Crippen LogP contribution in [0.1, 0.15) is 33.6 Å². The van der Waals surface area contributed by atoms with Gasteiger partial charge >= 0.3 is 6.16 Å². The number of aliphatic hydroxyl groups is 1. The fourth-order valence-electron chi connectivity index (χ4n) is 1.95. The minimum atomic E-state index is -0.792.